The lowest BCUT2D eigenvalue weighted by molar-refractivity contribution is -0.384. The number of hydrogen-bond donors (Lipinski definition) is 0. The van der Waals surface area contributed by atoms with Crippen molar-refractivity contribution in [3.05, 3.63) is 106 Å². The minimum Gasteiger partial charge on any atom is -0.336 e. The summed E-state index contributed by atoms with van der Waals surface area (Å²) in [6.07, 6.45) is 5.00. The number of nitro groups is 1. The van der Waals surface area contributed by atoms with Crippen molar-refractivity contribution in [2.75, 3.05) is 11.4 Å². The molecular weight excluding hydrogens is 420 g/mol. The van der Waals surface area contributed by atoms with Crippen molar-refractivity contribution < 1.29 is 14.5 Å². The van der Waals surface area contributed by atoms with Gasteiger partial charge < -0.3 is 4.90 Å². The number of anilines is 1. The van der Waals surface area contributed by atoms with E-state index in [0.717, 1.165) is 29.7 Å². The van der Waals surface area contributed by atoms with Crippen LogP contribution in [0.4, 0.5) is 11.4 Å². The number of aromatic nitrogens is 1. The molecule has 8 nitrogen and oxygen atoms in total. The maximum absolute atomic E-state index is 13.7. The number of nitrogens with zero attached hydrogens (tertiary/aromatic N) is 4. The molecule has 3 aromatic rings. The second kappa shape index (κ2) is 8.31. The number of carbonyl (C=O) groups excluding carboxylic acids is 2. The number of hydrogen-bond acceptors (Lipinski definition) is 6. The first kappa shape index (κ1) is 20.6. The van der Waals surface area contributed by atoms with Crippen LogP contribution in [-0.2, 0) is 22.6 Å². The number of carbonyl (C=O) groups is 2. The molecule has 33 heavy (non-hydrogen) atoms. The van der Waals surface area contributed by atoms with Crippen LogP contribution in [0.1, 0.15) is 23.1 Å². The number of fused-ring (bicyclic) bond motifs is 1. The van der Waals surface area contributed by atoms with Crippen molar-refractivity contribution in [1.29, 1.82) is 0 Å². The maximum atomic E-state index is 13.7. The lowest BCUT2D eigenvalue weighted by Gasteiger charge is -2.32. The van der Waals surface area contributed by atoms with Gasteiger partial charge in [0.1, 0.15) is 5.70 Å². The highest BCUT2D eigenvalue weighted by Gasteiger charge is 2.42. The normalized spacial score (nSPS) is 15.8. The van der Waals surface area contributed by atoms with Gasteiger partial charge >= 0.3 is 0 Å². The fourth-order valence-corrected chi connectivity index (χ4v) is 4.41. The molecule has 2 aromatic carbocycles. The Balaban J connectivity index is 1.63. The smallest absolute Gasteiger partial charge is 0.278 e. The second-order valence-corrected chi connectivity index (χ2v) is 7.97. The highest BCUT2D eigenvalue weighted by molar-refractivity contribution is 6.36. The monoisotopic (exact) mass is 440 g/mol. The Hall–Kier alpha value is -4.33. The number of nitro benzene ring substituents is 1. The van der Waals surface area contributed by atoms with E-state index >= 15 is 0 Å². The second-order valence-electron chi connectivity index (χ2n) is 7.97. The van der Waals surface area contributed by atoms with E-state index in [1.165, 1.54) is 29.2 Å². The van der Waals surface area contributed by atoms with E-state index in [2.05, 4.69) is 4.98 Å². The molecule has 3 heterocycles. The summed E-state index contributed by atoms with van der Waals surface area (Å²) >= 11 is 0. The van der Waals surface area contributed by atoms with E-state index in [1.54, 1.807) is 18.5 Å². The lowest BCUT2D eigenvalue weighted by Crippen LogP contribution is -2.36. The first-order valence-corrected chi connectivity index (χ1v) is 10.6. The van der Waals surface area contributed by atoms with E-state index in [1.807, 2.05) is 35.2 Å². The van der Waals surface area contributed by atoms with Gasteiger partial charge in [0, 0.05) is 36.8 Å². The molecule has 0 atom stereocenters. The van der Waals surface area contributed by atoms with Gasteiger partial charge in [-0.3, -0.25) is 29.6 Å². The largest absolute Gasteiger partial charge is 0.336 e. The Morgan fingerprint density at radius 2 is 1.76 bits per heavy atom. The number of para-hydroxylation sites is 1. The predicted molar refractivity (Wildman–Crippen MR) is 122 cm³/mol. The van der Waals surface area contributed by atoms with Gasteiger partial charge in [-0.25, -0.2) is 0 Å². The number of pyridine rings is 1. The van der Waals surface area contributed by atoms with Crippen molar-refractivity contribution in [3.8, 4) is 0 Å². The minimum absolute atomic E-state index is 0.0757. The number of aryl methyl sites for hydroxylation is 1. The van der Waals surface area contributed by atoms with Crippen LogP contribution in [0.5, 0.6) is 0 Å². The predicted octanol–water partition coefficient (Wildman–Crippen LogP) is 3.72. The van der Waals surface area contributed by atoms with Crippen molar-refractivity contribution >= 4 is 28.8 Å². The zero-order valence-corrected chi connectivity index (χ0v) is 17.7. The van der Waals surface area contributed by atoms with Gasteiger partial charge in [-0.1, -0.05) is 24.3 Å². The molecule has 5 rings (SSSR count). The fraction of sp³-hybridized carbons (Fsp3) is 0.160. The summed E-state index contributed by atoms with van der Waals surface area (Å²) in [7, 11) is 0. The van der Waals surface area contributed by atoms with Crippen LogP contribution in [0.3, 0.4) is 0 Å². The molecule has 0 saturated carbocycles. The number of rotatable bonds is 5. The Morgan fingerprint density at radius 1 is 0.970 bits per heavy atom. The maximum Gasteiger partial charge on any atom is 0.278 e. The van der Waals surface area contributed by atoms with E-state index in [0.29, 0.717) is 17.8 Å². The molecule has 2 amide bonds. The van der Waals surface area contributed by atoms with Gasteiger partial charge in [0.05, 0.1) is 17.0 Å². The molecule has 0 radical (unpaired) electrons. The molecule has 2 aliphatic rings. The van der Waals surface area contributed by atoms with Crippen LogP contribution in [0, 0.1) is 10.1 Å². The van der Waals surface area contributed by atoms with E-state index in [9.17, 15) is 19.7 Å². The van der Waals surface area contributed by atoms with E-state index in [4.69, 9.17) is 0 Å². The molecule has 0 unspecified atom stereocenters. The molecule has 0 N–H and O–H groups in total. The fourth-order valence-electron chi connectivity index (χ4n) is 4.41. The average Bonchev–Trinajstić information content (AvgIpc) is 3.09. The Bertz CT molecular complexity index is 1290. The van der Waals surface area contributed by atoms with Gasteiger partial charge in [0.2, 0.25) is 0 Å². The van der Waals surface area contributed by atoms with Gasteiger partial charge in [0.15, 0.2) is 0 Å². The third-order valence-electron chi connectivity index (χ3n) is 5.95. The van der Waals surface area contributed by atoms with Gasteiger partial charge in [-0.05, 0) is 53.8 Å². The summed E-state index contributed by atoms with van der Waals surface area (Å²) in [4.78, 5) is 45.1. The Labute approximate surface area is 189 Å². The molecular formula is C25H20N4O4. The van der Waals surface area contributed by atoms with Crippen LogP contribution >= 0.6 is 0 Å². The summed E-state index contributed by atoms with van der Waals surface area (Å²) in [6.45, 7) is 0.698. The van der Waals surface area contributed by atoms with Crippen molar-refractivity contribution in [1.82, 2.24) is 9.88 Å². The minimum atomic E-state index is -0.490. The number of amides is 2. The van der Waals surface area contributed by atoms with Crippen molar-refractivity contribution in [2.45, 2.75) is 19.4 Å². The van der Waals surface area contributed by atoms with E-state index < -0.39 is 10.8 Å². The molecule has 1 aromatic heterocycles. The van der Waals surface area contributed by atoms with Crippen molar-refractivity contribution in [3.63, 3.8) is 0 Å². The topological polar surface area (TPSA) is 96.6 Å². The van der Waals surface area contributed by atoms with Crippen molar-refractivity contribution in [2.24, 2.45) is 0 Å². The average molecular weight is 440 g/mol. The van der Waals surface area contributed by atoms with Crippen LogP contribution < -0.4 is 4.90 Å². The van der Waals surface area contributed by atoms with Gasteiger partial charge in [-0.2, -0.15) is 0 Å². The molecule has 0 spiro atoms. The van der Waals surface area contributed by atoms with Crippen LogP contribution in [-0.4, -0.2) is 33.2 Å². The third-order valence-corrected chi connectivity index (χ3v) is 5.95. The SMILES string of the molecule is O=C1C(c2ccc([N+](=O)[O-])cc2)=C(N2CCCc3ccccc32)C(=O)N1Cc1cccnc1. The molecule has 8 heteroatoms. The molecule has 2 aliphatic heterocycles. The summed E-state index contributed by atoms with van der Waals surface area (Å²) in [6, 6.07) is 17.2. The highest BCUT2D eigenvalue weighted by atomic mass is 16.6. The lowest BCUT2D eigenvalue weighted by atomic mass is 9.98. The molecule has 164 valence electrons. The van der Waals surface area contributed by atoms with Crippen LogP contribution in [0.15, 0.2) is 78.8 Å². The summed E-state index contributed by atoms with van der Waals surface area (Å²) in [5.41, 5.74) is 3.73. The summed E-state index contributed by atoms with van der Waals surface area (Å²) < 4.78 is 0. The Kier molecular flexibility index (Phi) is 5.18. The van der Waals surface area contributed by atoms with Gasteiger partial charge in [-0.15, -0.1) is 0 Å². The van der Waals surface area contributed by atoms with Crippen LogP contribution in [0.2, 0.25) is 0 Å². The quantitative estimate of drug-likeness (QED) is 0.341. The number of benzene rings is 2. The molecule has 0 aliphatic carbocycles. The molecule has 0 saturated heterocycles. The summed E-state index contributed by atoms with van der Waals surface area (Å²) in [5, 5.41) is 11.1. The van der Waals surface area contributed by atoms with Crippen LogP contribution in [0.25, 0.3) is 5.57 Å². The zero-order chi connectivity index (χ0) is 22.9. The molecule has 0 fully saturated rings. The van der Waals surface area contributed by atoms with E-state index in [-0.39, 0.29) is 23.7 Å². The Morgan fingerprint density at radius 3 is 2.48 bits per heavy atom. The number of non-ortho nitro benzene ring substituents is 1. The first-order valence-electron chi connectivity index (χ1n) is 10.6. The third kappa shape index (κ3) is 3.65. The highest BCUT2D eigenvalue weighted by Crippen LogP contribution is 2.38. The molecule has 0 bridgehead atoms. The number of imide groups is 1. The van der Waals surface area contributed by atoms with Gasteiger partial charge in [0.25, 0.3) is 17.5 Å². The first-order chi connectivity index (χ1) is 16.0. The summed E-state index contributed by atoms with van der Waals surface area (Å²) in [5.74, 6) is -0.801. The zero-order valence-electron chi connectivity index (χ0n) is 17.7. The standard InChI is InChI=1S/C25H20N4O4/c30-24-22(19-9-11-20(12-10-19)29(32)33)23(25(31)28(24)16-17-5-3-13-26-15-17)27-14-4-7-18-6-1-2-8-21(18)27/h1-3,5-6,8-13,15H,4,7,14,16H2.